The number of rotatable bonds is 9. The molecule has 162 valence electrons. The van der Waals surface area contributed by atoms with E-state index in [9.17, 15) is 14.7 Å². The summed E-state index contributed by atoms with van der Waals surface area (Å²) >= 11 is 0. The van der Waals surface area contributed by atoms with Crippen LogP contribution in [0.25, 0.3) is 0 Å². The van der Waals surface area contributed by atoms with E-state index in [1.54, 1.807) is 6.92 Å². The van der Waals surface area contributed by atoms with Crippen LogP contribution in [0.4, 0.5) is 0 Å². The van der Waals surface area contributed by atoms with Gasteiger partial charge in [0.15, 0.2) is 0 Å². The van der Waals surface area contributed by atoms with Crippen LogP contribution in [0.2, 0.25) is 0 Å². The van der Waals surface area contributed by atoms with Gasteiger partial charge in [0.1, 0.15) is 13.2 Å². The van der Waals surface area contributed by atoms with Gasteiger partial charge in [-0.3, -0.25) is 9.59 Å². The summed E-state index contributed by atoms with van der Waals surface area (Å²) in [5.74, 6) is 1.94. The Bertz CT molecular complexity index is 447. The number of esters is 2. The van der Waals surface area contributed by atoms with Gasteiger partial charge >= 0.3 is 11.9 Å². The molecule has 5 nitrogen and oxygen atoms in total. The average Bonchev–Trinajstić information content (AvgIpc) is 2.68. The molecule has 2 saturated carbocycles. The second-order valence-corrected chi connectivity index (χ2v) is 9.95. The topological polar surface area (TPSA) is 72.8 Å². The summed E-state index contributed by atoms with van der Waals surface area (Å²) in [5, 5.41) is 9.73. The summed E-state index contributed by atoms with van der Waals surface area (Å²) in [5.41, 5.74) is -0.743. The minimum absolute atomic E-state index is 0.0830. The lowest BCUT2D eigenvalue weighted by Crippen LogP contribution is -2.35. The minimum Gasteiger partial charge on any atom is -0.465 e. The maximum Gasteiger partial charge on any atom is 0.306 e. The lowest BCUT2D eigenvalue weighted by Gasteiger charge is -2.29. The molecule has 0 aromatic rings. The predicted octanol–water partition coefficient (Wildman–Crippen LogP) is 4.50. The molecule has 0 atom stereocenters. The van der Waals surface area contributed by atoms with E-state index in [-0.39, 0.29) is 31.8 Å². The highest BCUT2D eigenvalue weighted by Crippen LogP contribution is 2.32. The van der Waals surface area contributed by atoms with Crippen molar-refractivity contribution in [3.05, 3.63) is 0 Å². The molecule has 0 aromatic heterocycles. The first kappa shape index (κ1) is 23.2. The van der Waals surface area contributed by atoms with E-state index in [0.717, 1.165) is 37.5 Å². The van der Waals surface area contributed by atoms with Crippen molar-refractivity contribution in [1.29, 1.82) is 0 Å². The number of aliphatic hydroxyl groups is 1. The molecule has 28 heavy (non-hydrogen) atoms. The van der Waals surface area contributed by atoms with Gasteiger partial charge in [-0.05, 0) is 49.4 Å². The molecule has 0 unspecified atom stereocenters. The van der Waals surface area contributed by atoms with Crippen molar-refractivity contribution in [2.75, 3.05) is 19.8 Å². The molecule has 0 saturated heterocycles. The predicted molar refractivity (Wildman–Crippen MR) is 109 cm³/mol. The fourth-order valence-corrected chi connectivity index (χ4v) is 4.30. The molecule has 0 bridgehead atoms. The summed E-state index contributed by atoms with van der Waals surface area (Å²) in [7, 11) is 0. The van der Waals surface area contributed by atoms with Crippen LogP contribution < -0.4 is 0 Å². The highest BCUT2D eigenvalue weighted by atomic mass is 16.5. The molecule has 0 radical (unpaired) electrons. The fourth-order valence-electron chi connectivity index (χ4n) is 4.30. The van der Waals surface area contributed by atoms with E-state index in [4.69, 9.17) is 9.47 Å². The highest BCUT2D eigenvalue weighted by Gasteiger charge is 2.30. The summed E-state index contributed by atoms with van der Waals surface area (Å²) in [6.45, 7) is 6.29. The number of hydrogen-bond acceptors (Lipinski definition) is 5. The molecule has 0 aliphatic heterocycles. The van der Waals surface area contributed by atoms with Crippen LogP contribution in [-0.2, 0) is 19.1 Å². The van der Waals surface area contributed by atoms with Crippen molar-refractivity contribution in [2.45, 2.75) is 85.0 Å². The van der Waals surface area contributed by atoms with Gasteiger partial charge in [-0.1, -0.05) is 46.5 Å². The van der Waals surface area contributed by atoms with Crippen molar-refractivity contribution in [3.8, 4) is 0 Å². The van der Waals surface area contributed by atoms with Crippen molar-refractivity contribution in [3.63, 3.8) is 0 Å². The Morgan fingerprint density at radius 1 is 0.786 bits per heavy atom. The Balaban J connectivity index is 1.66. The smallest absolute Gasteiger partial charge is 0.306 e. The Labute approximate surface area is 170 Å². The SMILES string of the molecule is CC1CCC(CC(=O)OCC(C)(CO)COC(=O)CC2CCC(C)CC2)CC1. The van der Waals surface area contributed by atoms with Gasteiger partial charge in [-0.15, -0.1) is 0 Å². The Morgan fingerprint density at radius 3 is 1.46 bits per heavy atom. The second-order valence-electron chi connectivity index (χ2n) is 9.95. The molecule has 2 aliphatic rings. The Morgan fingerprint density at radius 2 is 1.14 bits per heavy atom. The molecule has 5 heteroatoms. The van der Waals surface area contributed by atoms with Gasteiger partial charge in [0.05, 0.1) is 12.0 Å². The van der Waals surface area contributed by atoms with Gasteiger partial charge < -0.3 is 14.6 Å². The maximum atomic E-state index is 12.2. The van der Waals surface area contributed by atoms with E-state index < -0.39 is 5.41 Å². The number of ether oxygens (including phenoxy) is 2. The molecule has 0 heterocycles. The van der Waals surface area contributed by atoms with E-state index in [2.05, 4.69) is 13.8 Å². The maximum absolute atomic E-state index is 12.2. The van der Waals surface area contributed by atoms with Gasteiger partial charge in [-0.25, -0.2) is 0 Å². The molecule has 2 aliphatic carbocycles. The van der Waals surface area contributed by atoms with Gasteiger partial charge in [0.2, 0.25) is 0 Å². The van der Waals surface area contributed by atoms with Crippen LogP contribution in [0.3, 0.4) is 0 Å². The van der Waals surface area contributed by atoms with Gasteiger partial charge in [0, 0.05) is 12.8 Å². The standard InChI is InChI=1S/C23H40O5/c1-17-4-8-19(9-5-17)12-21(25)27-15-23(3,14-24)16-28-22(26)13-20-10-6-18(2)7-11-20/h17-20,24H,4-16H2,1-3H3. The van der Waals surface area contributed by atoms with Crippen molar-refractivity contribution < 1.29 is 24.2 Å². The largest absolute Gasteiger partial charge is 0.465 e. The van der Waals surface area contributed by atoms with Crippen LogP contribution in [0.1, 0.15) is 85.0 Å². The quantitative estimate of drug-likeness (QED) is 0.581. The van der Waals surface area contributed by atoms with E-state index in [1.807, 2.05) is 0 Å². The molecular formula is C23H40O5. The Kier molecular flexibility index (Phi) is 9.26. The highest BCUT2D eigenvalue weighted by molar-refractivity contribution is 5.70. The first-order valence-corrected chi connectivity index (χ1v) is 11.2. The molecule has 0 amide bonds. The average molecular weight is 397 g/mol. The molecular weight excluding hydrogens is 356 g/mol. The molecule has 2 rings (SSSR count). The third-order valence-electron chi connectivity index (χ3n) is 6.73. The lowest BCUT2D eigenvalue weighted by atomic mass is 9.81. The molecule has 0 spiro atoms. The normalized spacial score (nSPS) is 30.3. The number of hydrogen-bond donors (Lipinski definition) is 1. The third-order valence-corrected chi connectivity index (χ3v) is 6.73. The van der Waals surface area contributed by atoms with E-state index in [0.29, 0.717) is 24.7 Å². The van der Waals surface area contributed by atoms with Crippen LogP contribution >= 0.6 is 0 Å². The van der Waals surface area contributed by atoms with E-state index >= 15 is 0 Å². The van der Waals surface area contributed by atoms with E-state index in [1.165, 1.54) is 25.7 Å². The summed E-state index contributed by atoms with van der Waals surface area (Å²) < 4.78 is 10.9. The summed E-state index contributed by atoms with van der Waals surface area (Å²) in [4.78, 5) is 24.3. The van der Waals surface area contributed by atoms with Crippen LogP contribution in [-0.4, -0.2) is 36.9 Å². The van der Waals surface area contributed by atoms with Crippen LogP contribution in [0, 0.1) is 29.1 Å². The zero-order valence-electron chi connectivity index (χ0n) is 18.1. The summed E-state index contributed by atoms with van der Waals surface area (Å²) in [6, 6.07) is 0. The molecule has 1 N–H and O–H groups in total. The number of carbonyl (C=O) groups is 2. The lowest BCUT2D eigenvalue weighted by molar-refractivity contribution is -0.156. The third kappa shape index (κ3) is 8.10. The zero-order chi connectivity index (χ0) is 20.6. The first-order chi connectivity index (χ1) is 13.3. The zero-order valence-corrected chi connectivity index (χ0v) is 18.1. The number of aliphatic hydroxyl groups excluding tert-OH is 1. The summed E-state index contributed by atoms with van der Waals surface area (Å²) in [6.07, 6.45) is 9.99. The minimum atomic E-state index is -0.743. The van der Waals surface area contributed by atoms with Crippen molar-refractivity contribution >= 4 is 11.9 Å². The monoisotopic (exact) mass is 396 g/mol. The van der Waals surface area contributed by atoms with Crippen LogP contribution in [0.15, 0.2) is 0 Å². The van der Waals surface area contributed by atoms with Crippen LogP contribution in [0.5, 0.6) is 0 Å². The fraction of sp³-hybridized carbons (Fsp3) is 0.913. The van der Waals surface area contributed by atoms with Gasteiger partial charge in [-0.2, -0.15) is 0 Å². The molecule has 2 fully saturated rings. The second kappa shape index (κ2) is 11.2. The number of carbonyl (C=O) groups excluding carboxylic acids is 2. The Hall–Kier alpha value is -1.10. The first-order valence-electron chi connectivity index (χ1n) is 11.2. The van der Waals surface area contributed by atoms with Crippen molar-refractivity contribution in [2.24, 2.45) is 29.1 Å². The van der Waals surface area contributed by atoms with Crippen molar-refractivity contribution in [1.82, 2.24) is 0 Å². The molecule has 0 aromatic carbocycles. The van der Waals surface area contributed by atoms with Gasteiger partial charge in [0.25, 0.3) is 0 Å².